The van der Waals surface area contributed by atoms with E-state index in [0.29, 0.717) is 9.89 Å². The molecule has 0 bridgehead atoms. The van der Waals surface area contributed by atoms with Crippen LogP contribution in [0, 0.1) is 17.2 Å². The molecule has 16 heavy (non-hydrogen) atoms. The van der Waals surface area contributed by atoms with Crippen LogP contribution < -0.4 is 0 Å². The number of hydrogen-bond acceptors (Lipinski definition) is 0. The van der Waals surface area contributed by atoms with Gasteiger partial charge in [-0.25, -0.2) is 4.39 Å². The van der Waals surface area contributed by atoms with E-state index in [9.17, 15) is 4.39 Å². The average Bonchev–Trinajstić information content (AvgIpc) is 3.07. The van der Waals surface area contributed by atoms with Crippen molar-refractivity contribution < 1.29 is 4.39 Å². The molecule has 0 radical (unpaired) electrons. The van der Waals surface area contributed by atoms with Gasteiger partial charge in [0, 0.05) is 5.33 Å². The molecule has 1 atom stereocenters. The molecular formula is C13H15Br2F. The fourth-order valence-electron chi connectivity index (χ4n) is 2.20. The molecule has 1 aliphatic carbocycles. The van der Waals surface area contributed by atoms with Gasteiger partial charge in [-0.1, -0.05) is 28.9 Å². The van der Waals surface area contributed by atoms with E-state index in [2.05, 4.69) is 38.8 Å². The van der Waals surface area contributed by atoms with E-state index in [1.807, 2.05) is 12.1 Å². The first kappa shape index (κ1) is 12.6. The summed E-state index contributed by atoms with van der Waals surface area (Å²) in [6.07, 6.45) is 3.69. The zero-order chi connectivity index (χ0) is 11.8. The smallest absolute Gasteiger partial charge is 0.137 e. The largest absolute Gasteiger partial charge is 0.206 e. The van der Waals surface area contributed by atoms with Gasteiger partial charge in [0.25, 0.3) is 0 Å². The van der Waals surface area contributed by atoms with Gasteiger partial charge in [0.15, 0.2) is 0 Å². The summed E-state index contributed by atoms with van der Waals surface area (Å²) in [7, 11) is 0. The zero-order valence-electron chi connectivity index (χ0n) is 9.27. The highest BCUT2D eigenvalue weighted by Crippen LogP contribution is 2.48. The molecule has 0 N–H and O–H groups in total. The van der Waals surface area contributed by atoms with Crippen molar-refractivity contribution in [2.24, 2.45) is 11.3 Å². The lowest BCUT2D eigenvalue weighted by molar-refractivity contribution is 0.318. The maximum absolute atomic E-state index is 13.1. The predicted molar refractivity (Wildman–Crippen MR) is 72.4 cm³/mol. The van der Waals surface area contributed by atoms with E-state index < -0.39 is 0 Å². The van der Waals surface area contributed by atoms with Crippen LogP contribution in [0.2, 0.25) is 0 Å². The first-order chi connectivity index (χ1) is 7.55. The van der Waals surface area contributed by atoms with Crippen LogP contribution in [0.1, 0.15) is 25.3 Å². The summed E-state index contributed by atoms with van der Waals surface area (Å²) in [6, 6.07) is 5.34. The van der Waals surface area contributed by atoms with E-state index in [1.165, 1.54) is 18.4 Å². The van der Waals surface area contributed by atoms with Crippen molar-refractivity contribution in [2.45, 2.75) is 26.2 Å². The van der Waals surface area contributed by atoms with Crippen molar-refractivity contribution in [3.63, 3.8) is 0 Å². The third-order valence-electron chi connectivity index (χ3n) is 3.46. The van der Waals surface area contributed by atoms with Crippen molar-refractivity contribution in [2.75, 3.05) is 5.33 Å². The Morgan fingerprint density at radius 1 is 1.44 bits per heavy atom. The van der Waals surface area contributed by atoms with Crippen LogP contribution in [0.3, 0.4) is 0 Å². The van der Waals surface area contributed by atoms with E-state index in [0.717, 1.165) is 17.7 Å². The molecule has 1 aliphatic rings. The summed E-state index contributed by atoms with van der Waals surface area (Å²) in [4.78, 5) is 0. The second-order valence-corrected chi connectivity index (χ2v) is 6.40. The molecule has 0 saturated heterocycles. The molecule has 0 spiro atoms. The van der Waals surface area contributed by atoms with Gasteiger partial charge in [-0.15, -0.1) is 0 Å². The normalized spacial score (nSPS) is 19.5. The predicted octanol–water partition coefficient (Wildman–Crippen LogP) is 4.94. The molecule has 0 heterocycles. The van der Waals surface area contributed by atoms with Crippen LogP contribution in [0.5, 0.6) is 0 Å². The SMILES string of the molecule is CC(CBr)(Cc1ccc(F)c(Br)c1)C1CC1. The summed E-state index contributed by atoms with van der Waals surface area (Å²) in [5, 5.41) is 1.01. The molecule has 3 heteroatoms. The average molecular weight is 350 g/mol. The quantitative estimate of drug-likeness (QED) is 0.675. The lowest BCUT2D eigenvalue weighted by Gasteiger charge is -2.27. The topological polar surface area (TPSA) is 0 Å². The minimum absolute atomic E-state index is 0.185. The standard InChI is InChI=1S/C13H15Br2F/c1-13(8-14,10-3-4-10)7-9-2-5-12(16)11(15)6-9/h2,5-6,10H,3-4,7-8H2,1H3. The van der Waals surface area contributed by atoms with Crippen molar-refractivity contribution in [3.8, 4) is 0 Å². The summed E-state index contributed by atoms with van der Waals surface area (Å²) in [5.41, 5.74) is 1.53. The van der Waals surface area contributed by atoms with E-state index in [-0.39, 0.29) is 5.82 Å². The molecule has 0 aromatic heterocycles. The molecule has 1 aromatic carbocycles. The van der Waals surface area contributed by atoms with Crippen LogP contribution in [0.15, 0.2) is 22.7 Å². The van der Waals surface area contributed by atoms with Crippen molar-refractivity contribution in [1.82, 2.24) is 0 Å². The molecule has 1 unspecified atom stereocenters. The Labute approximate surface area is 113 Å². The van der Waals surface area contributed by atoms with E-state index >= 15 is 0 Å². The van der Waals surface area contributed by atoms with Crippen LogP contribution in [0.25, 0.3) is 0 Å². The minimum atomic E-state index is -0.185. The summed E-state index contributed by atoms with van der Waals surface area (Å²) >= 11 is 6.86. The molecule has 1 aromatic rings. The summed E-state index contributed by atoms with van der Waals surface area (Å²) in [6.45, 7) is 2.32. The Bertz CT molecular complexity index is 388. The lowest BCUT2D eigenvalue weighted by atomic mass is 9.81. The van der Waals surface area contributed by atoms with Crippen LogP contribution in [-0.2, 0) is 6.42 Å². The van der Waals surface area contributed by atoms with E-state index in [4.69, 9.17) is 0 Å². The number of hydrogen-bond donors (Lipinski definition) is 0. The van der Waals surface area contributed by atoms with Gasteiger partial charge in [-0.05, 0) is 64.2 Å². The maximum atomic E-state index is 13.1. The van der Waals surface area contributed by atoms with Gasteiger partial charge < -0.3 is 0 Å². The molecule has 0 aliphatic heterocycles. The number of benzene rings is 1. The Balaban J connectivity index is 2.15. The number of rotatable bonds is 4. The Kier molecular flexibility index (Phi) is 3.75. The van der Waals surface area contributed by atoms with Crippen LogP contribution >= 0.6 is 31.9 Å². The van der Waals surface area contributed by atoms with Crippen molar-refractivity contribution in [1.29, 1.82) is 0 Å². The second-order valence-electron chi connectivity index (χ2n) is 4.99. The molecule has 0 nitrogen and oxygen atoms in total. The van der Waals surface area contributed by atoms with Gasteiger partial charge in [-0.3, -0.25) is 0 Å². The molecule has 0 amide bonds. The minimum Gasteiger partial charge on any atom is -0.206 e. The van der Waals surface area contributed by atoms with Gasteiger partial charge in [-0.2, -0.15) is 0 Å². The Hall–Kier alpha value is 0.110. The lowest BCUT2D eigenvalue weighted by Crippen LogP contribution is -2.24. The molecule has 1 saturated carbocycles. The monoisotopic (exact) mass is 348 g/mol. The highest BCUT2D eigenvalue weighted by Gasteiger charge is 2.40. The highest BCUT2D eigenvalue weighted by molar-refractivity contribution is 9.10. The first-order valence-electron chi connectivity index (χ1n) is 5.55. The van der Waals surface area contributed by atoms with Gasteiger partial charge in [0.05, 0.1) is 4.47 Å². The maximum Gasteiger partial charge on any atom is 0.137 e. The fraction of sp³-hybridized carbons (Fsp3) is 0.538. The van der Waals surface area contributed by atoms with Crippen molar-refractivity contribution in [3.05, 3.63) is 34.1 Å². The van der Waals surface area contributed by atoms with Gasteiger partial charge in [0.1, 0.15) is 5.82 Å². The molecular weight excluding hydrogens is 335 g/mol. The molecule has 1 fully saturated rings. The summed E-state index contributed by atoms with van der Waals surface area (Å²) in [5.74, 6) is 0.645. The fourth-order valence-corrected chi connectivity index (χ4v) is 3.28. The number of halogens is 3. The summed E-state index contributed by atoms with van der Waals surface area (Å²) < 4.78 is 13.7. The third-order valence-corrected chi connectivity index (χ3v) is 5.35. The Morgan fingerprint density at radius 3 is 2.62 bits per heavy atom. The van der Waals surface area contributed by atoms with E-state index in [1.54, 1.807) is 6.07 Å². The second kappa shape index (κ2) is 4.77. The number of alkyl halides is 1. The Morgan fingerprint density at radius 2 is 2.12 bits per heavy atom. The van der Waals surface area contributed by atoms with Crippen molar-refractivity contribution >= 4 is 31.9 Å². The zero-order valence-corrected chi connectivity index (χ0v) is 12.4. The highest BCUT2D eigenvalue weighted by atomic mass is 79.9. The van der Waals surface area contributed by atoms with Crippen LogP contribution in [-0.4, -0.2) is 5.33 Å². The van der Waals surface area contributed by atoms with Gasteiger partial charge >= 0.3 is 0 Å². The van der Waals surface area contributed by atoms with Crippen LogP contribution in [0.4, 0.5) is 4.39 Å². The van der Waals surface area contributed by atoms with Gasteiger partial charge in [0.2, 0.25) is 0 Å². The first-order valence-corrected chi connectivity index (χ1v) is 7.46. The molecule has 2 rings (SSSR count). The molecule has 88 valence electrons. The third kappa shape index (κ3) is 2.67.